The van der Waals surface area contributed by atoms with Gasteiger partial charge in [-0.05, 0) is 33.6 Å². The Balaban J connectivity index is 2.63. The fraction of sp³-hybridized carbons (Fsp3) is 0.846. The Bertz CT molecular complexity index is 293. The lowest BCUT2D eigenvalue weighted by atomic mass is 9.88. The van der Waals surface area contributed by atoms with E-state index in [9.17, 15) is 9.59 Å². The second-order valence-corrected chi connectivity index (χ2v) is 5.48. The number of amides is 1. The Morgan fingerprint density at radius 1 is 1.29 bits per heavy atom. The minimum atomic E-state index is -0.969. The Morgan fingerprint density at radius 3 is 2.24 bits per heavy atom. The molecule has 0 radical (unpaired) electrons. The number of aliphatic carboxylic acids is 1. The zero-order valence-electron chi connectivity index (χ0n) is 11.0. The molecule has 17 heavy (non-hydrogen) atoms. The van der Waals surface area contributed by atoms with E-state index in [4.69, 9.17) is 5.11 Å². The predicted octanol–water partition coefficient (Wildman–Crippen LogP) is 2.28. The second kappa shape index (κ2) is 5.52. The van der Waals surface area contributed by atoms with Gasteiger partial charge in [-0.25, -0.2) is 0 Å². The zero-order chi connectivity index (χ0) is 13.1. The summed E-state index contributed by atoms with van der Waals surface area (Å²) in [6, 6.07) is 0.331. The minimum absolute atomic E-state index is 0.0215. The van der Waals surface area contributed by atoms with Crippen LogP contribution in [0.25, 0.3) is 0 Å². The molecular weight excluding hydrogens is 218 g/mol. The summed E-state index contributed by atoms with van der Waals surface area (Å²) < 4.78 is 0. The lowest BCUT2D eigenvalue weighted by molar-refractivity contribution is -0.152. The van der Waals surface area contributed by atoms with Crippen molar-refractivity contribution in [1.29, 1.82) is 0 Å². The summed E-state index contributed by atoms with van der Waals surface area (Å²) in [6.45, 7) is 5.86. The third-order valence-electron chi connectivity index (χ3n) is 3.60. The van der Waals surface area contributed by atoms with Crippen molar-refractivity contribution in [2.24, 2.45) is 5.41 Å². The van der Waals surface area contributed by atoms with Gasteiger partial charge in [0.15, 0.2) is 0 Å². The molecule has 1 aliphatic carbocycles. The Hall–Kier alpha value is -1.06. The largest absolute Gasteiger partial charge is 0.481 e. The number of nitrogens with zero attached hydrogens (tertiary/aromatic N) is 1. The summed E-state index contributed by atoms with van der Waals surface area (Å²) in [5, 5.41) is 9.04. The monoisotopic (exact) mass is 241 g/mol. The van der Waals surface area contributed by atoms with Crippen molar-refractivity contribution in [3.8, 4) is 0 Å². The number of hydrogen-bond acceptors (Lipinski definition) is 2. The number of carbonyl (C=O) groups excluding carboxylic acids is 1. The van der Waals surface area contributed by atoms with Crippen molar-refractivity contribution in [2.45, 2.75) is 58.9 Å². The van der Waals surface area contributed by atoms with Crippen molar-refractivity contribution in [3.05, 3.63) is 0 Å². The molecule has 4 nitrogen and oxygen atoms in total. The van der Waals surface area contributed by atoms with E-state index in [1.165, 1.54) is 12.8 Å². The van der Waals surface area contributed by atoms with E-state index in [0.717, 1.165) is 12.8 Å². The van der Waals surface area contributed by atoms with E-state index >= 15 is 0 Å². The van der Waals surface area contributed by atoms with Gasteiger partial charge in [0.05, 0.1) is 5.41 Å². The molecule has 0 aromatic heterocycles. The third-order valence-corrected chi connectivity index (χ3v) is 3.60. The van der Waals surface area contributed by atoms with Crippen LogP contribution < -0.4 is 0 Å². The molecule has 1 N–H and O–H groups in total. The molecule has 1 fully saturated rings. The Labute approximate surface area is 103 Å². The standard InChI is InChI=1S/C13H23NO3/c1-4-14(10-7-5-6-8-10)11(15)9-13(2,3)12(16)17/h10H,4-9H2,1-3H3,(H,16,17). The molecule has 0 aliphatic heterocycles. The molecule has 1 rings (SSSR count). The number of carboxylic acid groups (broad SMARTS) is 1. The molecule has 0 bridgehead atoms. The molecule has 0 heterocycles. The van der Waals surface area contributed by atoms with E-state index in [1.54, 1.807) is 13.8 Å². The van der Waals surface area contributed by atoms with E-state index in [-0.39, 0.29) is 12.3 Å². The molecular formula is C13H23NO3. The fourth-order valence-corrected chi connectivity index (χ4v) is 2.41. The number of carboxylic acids is 1. The normalized spacial score (nSPS) is 17.1. The molecule has 0 aromatic rings. The maximum absolute atomic E-state index is 12.1. The molecule has 0 aromatic carbocycles. The lowest BCUT2D eigenvalue weighted by Crippen LogP contribution is -2.42. The summed E-state index contributed by atoms with van der Waals surface area (Å²) in [7, 11) is 0. The molecule has 98 valence electrons. The van der Waals surface area contributed by atoms with Crippen LogP contribution in [0, 0.1) is 5.41 Å². The second-order valence-electron chi connectivity index (χ2n) is 5.48. The van der Waals surface area contributed by atoms with Crippen LogP contribution >= 0.6 is 0 Å². The van der Waals surface area contributed by atoms with Gasteiger partial charge in [-0.15, -0.1) is 0 Å². The van der Waals surface area contributed by atoms with Gasteiger partial charge in [0.2, 0.25) is 5.91 Å². The first kappa shape index (κ1) is 14.0. The molecule has 0 unspecified atom stereocenters. The van der Waals surface area contributed by atoms with Gasteiger partial charge >= 0.3 is 5.97 Å². The highest BCUT2D eigenvalue weighted by molar-refractivity contribution is 5.84. The highest BCUT2D eigenvalue weighted by Crippen LogP contribution is 2.27. The molecule has 1 aliphatic rings. The molecule has 0 saturated heterocycles. The summed E-state index contributed by atoms with van der Waals surface area (Å²) in [5.74, 6) is -0.930. The van der Waals surface area contributed by atoms with Gasteiger partial charge in [-0.1, -0.05) is 12.8 Å². The van der Waals surface area contributed by atoms with Crippen molar-refractivity contribution in [3.63, 3.8) is 0 Å². The van der Waals surface area contributed by atoms with E-state index in [2.05, 4.69) is 0 Å². The highest BCUT2D eigenvalue weighted by Gasteiger charge is 2.34. The lowest BCUT2D eigenvalue weighted by Gasteiger charge is -2.30. The van der Waals surface area contributed by atoms with E-state index in [0.29, 0.717) is 12.6 Å². The van der Waals surface area contributed by atoms with Gasteiger partial charge in [-0.2, -0.15) is 0 Å². The first-order valence-corrected chi connectivity index (χ1v) is 6.41. The van der Waals surface area contributed by atoms with E-state index < -0.39 is 11.4 Å². The number of rotatable bonds is 5. The van der Waals surface area contributed by atoms with Gasteiger partial charge in [0, 0.05) is 19.0 Å². The van der Waals surface area contributed by atoms with Crippen molar-refractivity contribution in [2.75, 3.05) is 6.54 Å². The smallest absolute Gasteiger partial charge is 0.309 e. The molecule has 1 amide bonds. The molecule has 0 spiro atoms. The van der Waals surface area contributed by atoms with Crippen LogP contribution in [-0.4, -0.2) is 34.5 Å². The summed E-state index contributed by atoms with van der Waals surface area (Å²) in [5.41, 5.74) is -0.969. The maximum atomic E-state index is 12.1. The minimum Gasteiger partial charge on any atom is -0.481 e. The van der Waals surface area contributed by atoms with Crippen LogP contribution in [0.2, 0.25) is 0 Å². The number of carbonyl (C=O) groups is 2. The van der Waals surface area contributed by atoms with Crippen LogP contribution in [-0.2, 0) is 9.59 Å². The van der Waals surface area contributed by atoms with Crippen molar-refractivity contribution >= 4 is 11.9 Å². The SMILES string of the molecule is CCN(C(=O)CC(C)(C)C(=O)O)C1CCCC1. The van der Waals surface area contributed by atoms with Crippen LogP contribution in [0.15, 0.2) is 0 Å². The Kier molecular flexibility index (Phi) is 4.54. The average molecular weight is 241 g/mol. The number of hydrogen-bond donors (Lipinski definition) is 1. The van der Waals surface area contributed by atoms with Crippen LogP contribution in [0.3, 0.4) is 0 Å². The first-order valence-electron chi connectivity index (χ1n) is 6.41. The van der Waals surface area contributed by atoms with Gasteiger partial charge < -0.3 is 10.0 Å². The highest BCUT2D eigenvalue weighted by atomic mass is 16.4. The fourth-order valence-electron chi connectivity index (χ4n) is 2.41. The summed E-state index contributed by atoms with van der Waals surface area (Å²) in [6.07, 6.45) is 4.57. The van der Waals surface area contributed by atoms with Crippen LogP contribution in [0.1, 0.15) is 52.9 Å². The van der Waals surface area contributed by atoms with Gasteiger partial charge in [-0.3, -0.25) is 9.59 Å². The maximum Gasteiger partial charge on any atom is 0.309 e. The molecule has 4 heteroatoms. The quantitative estimate of drug-likeness (QED) is 0.803. The van der Waals surface area contributed by atoms with Gasteiger partial charge in [0.25, 0.3) is 0 Å². The van der Waals surface area contributed by atoms with E-state index in [1.807, 2.05) is 11.8 Å². The van der Waals surface area contributed by atoms with Gasteiger partial charge in [0.1, 0.15) is 0 Å². The first-order chi connectivity index (χ1) is 7.88. The van der Waals surface area contributed by atoms with Crippen LogP contribution in [0.5, 0.6) is 0 Å². The van der Waals surface area contributed by atoms with Crippen molar-refractivity contribution in [1.82, 2.24) is 4.90 Å². The molecule has 1 saturated carbocycles. The summed E-state index contributed by atoms with van der Waals surface area (Å²) >= 11 is 0. The average Bonchev–Trinajstić information content (AvgIpc) is 2.71. The summed E-state index contributed by atoms with van der Waals surface area (Å²) in [4.78, 5) is 25.0. The Morgan fingerprint density at radius 2 is 1.82 bits per heavy atom. The molecule has 0 atom stereocenters. The van der Waals surface area contributed by atoms with Crippen LogP contribution in [0.4, 0.5) is 0 Å². The third kappa shape index (κ3) is 3.45. The predicted molar refractivity (Wildman–Crippen MR) is 65.7 cm³/mol. The van der Waals surface area contributed by atoms with Crippen molar-refractivity contribution < 1.29 is 14.7 Å². The topological polar surface area (TPSA) is 57.6 Å². The zero-order valence-corrected chi connectivity index (χ0v) is 11.0.